The van der Waals surface area contributed by atoms with Crippen LogP contribution in [0.25, 0.3) is 0 Å². The predicted octanol–water partition coefficient (Wildman–Crippen LogP) is -0.251. The Morgan fingerprint density at radius 2 is 1.70 bits per heavy atom. The monoisotopic (exact) mass is 143 g/mol. The van der Waals surface area contributed by atoms with Crippen LogP contribution in [0.2, 0.25) is 0 Å². The third-order valence-electron chi connectivity index (χ3n) is 2.37. The number of rotatable bonds is 1. The standard InChI is InChI=1S/C7H17N3/c8-5-6-1-3-7(9,10)4-2-6/h6H,1-5,8-10H2. The molecule has 0 aromatic heterocycles. The first-order valence-electron chi connectivity index (χ1n) is 3.92. The van der Waals surface area contributed by atoms with Crippen LogP contribution in [-0.2, 0) is 0 Å². The minimum absolute atomic E-state index is 0.397. The first-order valence-corrected chi connectivity index (χ1v) is 3.92. The molecule has 0 radical (unpaired) electrons. The highest BCUT2D eigenvalue weighted by molar-refractivity contribution is 4.84. The van der Waals surface area contributed by atoms with Gasteiger partial charge in [0.15, 0.2) is 0 Å². The van der Waals surface area contributed by atoms with E-state index in [9.17, 15) is 0 Å². The van der Waals surface area contributed by atoms with Crippen LogP contribution in [0.5, 0.6) is 0 Å². The highest BCUT2D eigenvalue weighted by atomic mass is 15.0. The van der Waals surface area contributed by atoms with E-state index in [1.807, 2.05) is 0 Å². The maximum atomic E-state index is 5.73. The lowest BCUT2D eigenvalue weighted by Crippen LogP contribution is -2.52. The molecule has 0 heterocycles. The van der Waals surface area contributed by atoms with Crippen LogP contribution in [-0.4, -0.2) is 12.2 Å². The van der Waals surface area contributed by atoms with Crippen molar-refractivity contribution in [1.82, 2.24) is 0 Å². The van der Waals surface area contributed by atoms with Crippen molar-refractivity contribution < 1.29 is 0 Å². The first kappa shape index (κ1) is 7.98. The third-order valence-corrected chi connectivity index (χ3v) is 2.37. The van der Waals surface area contributed by atoms with E-state index in [1.54, 1.807) is 0 Å². The molecule has 0 aromatic rings. The minimum atomic E-state index is -0.397. The number of hydrogen-bond acceptors (Lipinski definition) is 3. The minimum Gasteiger partial charge on any atom is -0.330 e. The van der Waals surface area contributed by atoms with Crippen LogP contribution >= 0.6 is 0 Å². The summed E-state index contributed by atoms with van der Waals surface area (Å²) >= 11 is 0. The summed E-state index contributed by atoms with van der Waals surface area (Å²) in [6.07, 6.45) is 4.05. The molecule has 10 heavy (non-hydrogen) atoms. The maximum Gasteiger partial charge on any atom is 0.0636 e. The van der Waals surface area contributed by atoms with Crippen LogP contribution in [0.1, 0.15) is 25.7 Å². The van der Waals surface area contributed by atoms with Crippen molar-refractivity contribution in [2.75, 3.05) is 6.54 Å². The van der Waals surface area contributed by atoms with E-state index in [2.05, 4.69) is 0 Å². The summed E-state index contributed by atoms with van der Waals surface area (Å²) in [6.45, 7) is 0.788. The van der Waals surface area contributed by atoms with Gasteiger partial charge >= 0.3 is 0 Å². The molecule has 3 heteroatoms. The van der Waals surface area contributed by atoms with Gasteiger partial charge in [0, 0.05) is 0 Å². The second-order valence-corrected chi connectivity index (χ2v) is 3.41. The second-order valence-electron chi connectivity index (χ2n) is 3.41. The topological polar surface area (TPSA) is 78.1 Å². The molecule has 1 fully saturated rings. The van der Waals surface area contributed by atoms with Gasteiger partial charge in [0.25, 0.3) is 0 Å². The molecule has 0 unspecified atom stereocenters. The molecule has 6 N–H and O–H groups in total. The Morgan fingerprint density at radius 3 is 2.10 bits per heavy atom. The van der Waals surface area contributed by atoms with Gasteiger partial charge in [0.05, 0.1) is 5.66 Å². The van der Waals surface area contributed by atoms with Crippen LogP contribution < -0.4 is 17.2 Å². The van der Waals surface area contributed by atoms with Crippen LogP contribution in [0, 0.1) is 5.92 Å². The molecule has 0 amide bonds. The summed E-state index contributed by atoms with van der Waals surface area (Å²) < 4.78 is 0. The van der Waals surface area contributed by atoms with Crippen molar-refractivity contribution in [3.63, 3.8) is 0 Å². The first-order chi connectivity index (χ1) is 4.64. The molecule has 1 aliphatic carbocycles. The highest BCUT2D eigenvalue weighted by Crippen LogP contribution is 2.25. The van der Waals surface area contributed by atoms with Gasteiger partial charge < -0.3 is 17.2 Å². The second kappa shape index (κ2) is 2.86. The average molecular weight is 143 g/mol. The zero-order valence-electron chi connectivity index (χ0n) is 6.34. The average Bonchev–Trinajstić information content (AvgIpc) is 1.88. The quantitative estimate of drug-likeness (QED) is 0.443. The van der Waals surface area contributed by atoms with E-state index < -0.39 is 5.66 Å². The van der Waals surface area contributed by atoms with Gasteiger partial charge in [0.1, 0.15) is 0 Å². The largest absolute Gasteiger partial charge is 0.330 e. The number of nitrogens with two attached hydrogens (primary N) is 3. The molecule has 60 valence electrons. The van der Waals surface area contributed by atoms with Crippen LogP contribution in [0.3, 0.4) is 0 Å². The normalized spacial score (nSPS) is 26.7. The molecule has 0 saturated heterocycles. The molecule has 0 aliphatic heterocycles. The Labute approximate surface area is 61.9 Å². The van der Waals surface area contributed by atoms with Gasteiger partial charge in [-0.05, 0) is 38.1 Å². The van der Waals surface area contributed by atoms with Crippen LogP contribution in [0.4, 0.5) is 0 Å². The molecule has 1 saturated carbocycles. The Bertz CT molecular complexity index is 101. The SMILES string of the molecule is NCC1CCC(N)(N)CC1. The van der Waals surface area contributed by atoms with E-state index in [0.29, 0.717) is 5.92 Å². The molecule has 1 rings (SSSR count). The van der Waals surface area contributed by atoms with Crippen molar-refractivity contribution in [1.29, 1.82) is 0 Å². The lowest BCUT2D eigenvalue weighted by Gasteiger charge is -2.33. The van der Waals surface area contributed by atoms with Crippen LogP contribution in [0.15, 0.2) is 0 Å². The van der Waals surface area contributed by atoms with Gasteiger partial charge in [0.2, 0.25) is 0 Å². The van der Waals surface area contributed by atoms with Crippen molar-refractivity contribution in [3.8, 4) is 0 Å². The predicted molar refractivity (Wildman–Crippen MR) is 42.1 cm³/mol. The van der Waals surface area contributed by atoms with Gasteiger partial charge in [-0.25, -0.2) is 0 Å². The molecule has 1 aliphatic rings. The van der Waals surface area contributed by atoms with Gasteiger partial charge in [-0.2, -0.15) is 0 Å². The molecule has 0 bridgehead atoms. The zero-order chi connectivity index (χ0) is 7.61. The lowest BCUT2D eigenvalue weighted by atomic mass is 9.83. The summed E-state index contributed by atoms with van der Waals surface area (Å²) in [4.78, 5) is 0. The molecular formula is C7H17N3. The highest BCUT2D eigenvalue weighted by Gasteiger charge is 2.26. The van der Waals surface area contributed by atoms with Gasteiger partial charge in [-0.1, -0.05) is 0 Å². The summed E-state index contributed by atoms with van der Waals surface area (Å²) in [6, 6.07) is 0. The maximum absolute atomic E-state index is 5.73. The van der Waals surface area contributed by atoms with E-state index in [1.165, 1.54) is 0 Å². The third kappa shape index (κ3) is 1.94. The van der Waals surface area contributed by atoms with E-state index in [4.69, 9.17) is 17.2 Å². The summed E-state index contributed by atoms with van der Waals surface area (Å²) in [5.41, 5.74) is 16.6. The van der Waals surface area contributed by atoms with E-state index in [-0.39, 0.29) is 0 Å². The van der Waals surface area contributed by atoms with E-state index in [0.717, 1.165) is 32.2 Å². The summed E-state index contributed by atoms with van der Waals surface area (Å²) in [7, 11) is 0. The smallest absolute Gasteiger partial charge is 0.0636 e. The molecule has 0 aromatic carbocycles. The Morgan fingerprint density at radius 1 is 1.20 bits per heavy atom. The van der Waals surface area contributed by atoms with Crippen molar-refractivity contribution in [2.45, 2.75) is 31.3 Å². The Hall–Kier alpha value is -0.120. The fourth-order valence-electron chi connectivity index (χ4n) is 1.45. The fourth-order valence-corrected chi connectivity index (χ4v) is 1.45. The Kier molecular flexibility index (Phi) is 2.28. The summed E-state index contributed by atoms with van der Waals surface area (Å²) in [5, 5.41) is 0. The molecular weight excluding hydrogens is 126 g/mol. The molecule has 3 nitrogen and oxygen atoms in total. The van der Waals surface area contributed by atoms with Crippen molar-refractivity contribution >= 4 is 0 Å². The van der Waals surface area contributed by atoms with Gasteiger partial charge in [-0.15, -0.1) is 0 Å². The van der Waals surface area contributed by atoms with Gasteiger partial charge in [-0.3, -0.25) is 0 Å². The summed E-state index contributed by atoms with van der Waals surface area (Å²) in [5.74, 6) is 0.667. The molecule has 0 spiro atoms. The molecule has 0 atom stereocenters. The van der Waals surface area contributed by atoms with Crippen molar-refractivity contribution in [3.05, 3.63) is 0 Å². The lowest BCUT2D eigenvalue weighted by molar-refractivity contribution is 0.244. The Balaban J connectivity index is 2.31. The van der Waals surface area contributed by atoms with E-state index >= 15 is 0 Å². The fraction of sp³-hybridized carbons (Fsp3) is 1.00. The van der Waals surface area contributed by atoms with Crippen molar-refractivity contribution in [2.24, 2.45) is 23.1 Å². The zero-order valence-corrected chi connectivity index (χ0v) is 6.34. The number of hydrogen-bond donors (Lipinski definition) is 3.